The number of nitrogens with one attached hydrogen (secondary N) is 1. The van der Waals surface area contributed by atoms with Crippen LogP contribution in [0.5, 0.6) is 0 Å². The summed E-state index contributed by atoms with van der Waals surface area (Å²) in [4.78, 5) is 9.23. The van der Waals surface area contributed by atoms with Gasteiger partial charge in [-0.2, -0.15) is 0 Å². The van der Waals surface area contributed by atoms with Crippen LogP contribution in [0.1, 0.15) is 5.56 Å². The smallest absolute Gasteiger partial charge is 0.193 e. The fourth-order valence-corrected chi connectivity index (χ4v) is 3.22. The Balaban J connectivity index is 0.00000261. The molecule has 2 aromatic carbocycles. The Bertz CT molecular complexity index is 742. The third-order valence-corrected chi connectivity index (χ3v) is 4.80. The average Bonchev–Trinajstić information content (AvgIpc) is 2.64. The molecule has 0 aliphatic carbocycles. The van der Waals surface area contributed by atoms with Crippen LogP contribution < -0.4 is 16.0 Å². The van der Waals surface area contributed by atoms with Crippen LogP contribution in [-0.4, -0.2) is 50.1 Å². The monoisotopic (exact) mass is 499 g/mol. The third-order valence-electron chi connectivity index (χ3n) is 4.57. The molecule has 0 radical (unpaired) electrons. The lowest BCUT2D eigenvalue weighted by Crippen LogP contribution is -2.47. The van der Waals surface area contributed by atoms with Gasteiger partial charge in [0.15, 0.2) is 5.96 Å². The number of nitrogens with two attached hydrogens (primary N) is 1. The number of piperazine rings is 1. The van der Waals surface area contributed by atoms with Crippen molar-refractivity contribution < 1.29 is 0 Å². The maximum atomic E-state index is 6.09. The molecule has 0 amide bonds. The first-order valence-corrected chi connectivity index (χ1v) is 9.34. The zero-order valence-electron chi connectivity index (χ0n) is 15.6. The fraction of sp³-hybridized carbons (Fsp3) is 0.350. The Morgan fingerprint density at radius 2 is 1.81 bits per heavy atom. The second kappa shape index (κ2) is 10.7. The molecule has 0 spiro atoms. The highest BCUT2D eigenvalue weighted by Gasteiger charge is 2.16. The molecule has 2 aromatic rings. The first-order valence-electron chi connectivity index (χ1n) is 8.96. The van der Waals surface area contributed by atoms with Crippen LogP contribution in [0, 0.1) is 6.92 Å². The summed E-state index contributed by atoms with van der Waals surface area (Å²) >= 11 is 6.09. The number of aliphatic imine (C=N–C) groups is 1. The van der Waals surface area contributed by atoms with Gasteiger partial charge in [-0.1, -0.05) is 35.4 Å². The van der Waals surface area contributed by atoms with Crippen molar-refractivity contribution in [2.24, 2.45) is 10.7 Å². The number of halogens is 2. The van der Waals surface area contributed by atoms with Crippen LogP contribution in [0.4, 0.5) is 11.4 Å². The predicted octanol–water partition coefficient (Wildman–Crippen LogP) is 3.82. The highest BCUT2D eigenvalue weighted by Crippen LogP contribution is 2.20. The predicted molar refractivity (Wildman–Crippen MR) is 127 cm³/mol. The molecule has 1 saturated heterocycles. The summed E-state index contributed by atoms with van der Waals surface area (Å²) in [5.41, 5.74) is 9.36. The van der Waals surface area contributed by atoms with Gasteiger partial charge < -0.3 is 16.0 Å². The number of benzene rings is 2. The van der Waals surface area contributed by atoms with Gasteiger partial charge in [0.05, 0.1) is 6.54 Å². The Hall–Kier alpha value is -1.51. The van der Waals surface area contributed by atoms with Crippen LogP contribution in [0.15, 0.2) is 53.5 Å². The maximum Gasteiger partial charge on any atom is 0.193 e. The molecule has 0 aromatic heterocycles. The number of guanidine groups is 1. The molecular weight excluding hydrogens is 473 g/mol. The summed E-state index contributed by atoms with van der Waals surface area (Å²) in [6.45, 7) is 7.72. The van der Waals surface area contributed by atoms with E-state index in [4.69, 9.17) is 17.3 Å². The van der Waals surface area contributed by atoms with Crippen molar-refractivity contribution in [3.8, 4) is 0 Å². The van der Waals surface area contributed by atoms with Gasteiger partial charge in [-0.15, -0.1) is 24.0 Å². The molecule has 0 bridgehead atoms. The molecule has 0 unspecified atom stereocenters. The van der Waals surface area contributed by atoms with Gasteiger partial charge in [0.25, 0.3) is 0 Å². The van der Waals surface area contributed by atoms with Crippen molar-refractivity contribution in [1.82, 2.24) is 4.90 Å². The van der Waals surface area contributed by atoms with Crippen molar-refractivity contribution in [2.75, 3.05) is 49.5 Å². The molecule has 1 aliphatic heterocycles. The number of hydrogen-bond acceptors (Lipinski definition) is 3. The average molecular weight is 500 g/mol. The second-order valence-electron chi connectivity index (χ2n) is 6.57. The minimum atomic E-state index is 0. The van der Waals surface area contributed by atoms with Gasteiger partial charge in [0, 0.05) is 49.1 Å². The number of nitrogens with zero attached hydrogens (tertiary/aromatic N) is 3. The first kappa shape index (κ1) is 21.8. The van der Waals surface area contributed by atoms with E-state index in [2.05, 4.69) is 45.2 Å². The molecule has 7 heteroatoms. The lowest BCUT2D eigenvalue weighted by Gasteiger charge is -2.35. The topological polar surface area (TPSA) is 56.9 Å². The van der Waals surface area contributed by atoms with Crippen LogP contribution in [0.3, 0.4) is 0 Å². The van der Waals surface area contributed by atoms with Crippen molar-refractivity contribution in [3.63, 3.8) is 0 Å². The SMILES string of the molecule is Cc1ccc(NC(N)=NCCN2CCN(c3cccc(Cl)c3)CC2)cc1.I. The van der Waals surface area contributed by atoms with Gasteiger partial charge in [0.2, 0.25) is 0 Å². The summed E-state index contributed by atoms with van der Waals surface area (Å²) in [5, 5.41) is 3.92. The number of anilines is 2. The Labute approximate surface area is 183 Å². The molecule has 0 saturated carbocycles. The van der Waals surface area contributed by atoms with Gasteiger partial charge in [-0.3, -0.25) is 9.89 Å². The molecule has 146 valence electrons. The normalized spacial score (nSPS) is 15.3. The van der Waals surface area contributed by atoms with Crippen LogP contribution in [0.2, 0.25) is 5.02 Å². The minimum absolute atomic E-state index is 0. The van der Waals surface area contributed by atoms with E-state index in [1.54, 1.807) is 0 Å². The largest absolute Gasteiger partial charge is 0.370 e. The summed E-state index contributed by atoms with van der Waals surface area (Å²) in [6, 6.07) is 16.2. The van der Waals surface area contributed by atoms with Crippen molar-refractivity contribution >= 4 is 52.9 Å². The van der Waals surface area contributed by atoms with E-state index < -0.39 is 0 Å². The van der Waals surface area contributed by atoms with E-state index in [1.807, 2.05) is 30.3 Å². The molecule has 0 atom stereocenters. The van der Waals surface area contributed by atoms with E-state index in [1.165, 1.54) is 11.3 Å². The molecule has 1 heterocycles. The first-order chi connectivity index (χ1) is 12.6. The zero-order chi connectivity index (χ0) is 18.4. The summed E-state index contributed by atoms with van der Waals surface area (Å²) in [7, 11) is 0. The lowest BCUT2D eigenvalue weighted by molar-refractivity contribution is 0.265. The lowest BCUT2D eigenvalue weighted by atomic mass is 10.2. The molecule has 3 N–H and O–H groups in total. The Kier molecular flexibility index (Phi) is 8.66. The third kappa shape index (κ3) is 6.86. The van der Waals surface area contributed by atoms with E-state index in [0.717, 1.165) is 43.4 Å². The summed E-state index contributed by atoms with van der Waals surface area (Å²) in [6.07, 6.45) is 0. The van der Waals surface area contributed by atoms with Gasteiger partial charge >= 0.3 is 0 Å². The fourth-order valence-electron chi connectivity index (χ4n) is 3.04. The number of aryl methyl sites for hydroxylation is 1. The molecule has 1 aliphatic rings. The van der Waals surface area contributed by atoms with Crippen molar-refractivity contribution in [3.05, 3.63) is 59.1 Å². The minimum Gasteiger partial charge on any atom is -0.370 e. The molecular formula is C20H27ClIN5. The highest BCUT2D eigenvalue weighted by atomic mass is 127. The molecule has 27 heavy (non-hydrogen) atoms. The van der Waals surface area contributed by atoms with Gasteiger partial charge in [-0.05, 0) is 37.3 Å². The summed E-state index contributed by atoms with van der Waals surface area (Å²) < 4.78 is 0. The second-order valence-corrected chi connectivity index (χ2v) is 7.00. The highest BCUT2D eigenvalue weighted by molar-refractivity contribution is 14.0. The quantitative estimate of drug-likeness (QED) is 0.373. The number of hydrogen-bond donors (Lipinski definition) is 2. The molecule has 3 rings (SSSR count). The molecule has 5 nitrogen and oxygen atoms in total. The van der Waals surface area contributed by atoms with Crippen molar-refractivity contribution in [2.45, 2.75) is 6.92 Å². The maximum absolute atomic E-state index is 6.09. The number of rotatable bonds is 5. The summed E-state index contributed by atoms with van der Waals surface area (Å²) in [5.74, 6) is 0.464. The van der Waals surface area contributed by atoms with Crippen LogP contribution in [-0.2, 0) is 0 Å². The van der Waals surface area contributed by atoms with Crippen molar-refractivity contribution in [1.29, 1.82) is 0 Å². The van der Waals surface area contributed by atoms with E-state index in [9.17, 15) is 0 Å². The molecule has 1 fully saturated rings. The van der Waals surface area contributed by atoms with Crippen LogP contribution in [0.25, 0.3) is 0 Å². The van der Waals surface area contributed by atoms with Gasteiger partial charge in [0.1, 0.15) is 0 Å². The van der Waals surface area contributed by atoms with E-state index in [-0.39, 0.29) is 24.0 Å². The van der Waals surface area contributed by atoms with Crippen LogP contribution >= 0.6 is 35.6 Å². The van der Waals surface area contributed by atoms with E-state index >= 15 is 0 Å². The standard InChI is InChI=1S/C20H26ClN5.HI/c1-16-5-7-18(8-6-16)24-20(22)23-9-10-25-11-13-26(14-12-25)19-4-2-3-17(21)15-19;/h2-8,15H,9-14H2,1H3,(H3,22,23,24);1H. The van der Waals surface area contributed by atoms with Gasteiger partial charge in [-0.25, -0.2) is 0 Å². The zero-order valence-corrected chi connectivity index (χ0v) is 18.7. The van der Waals surface area contributed by atoms with E-state index in [0.29, 0.717) is 12.5 Å². The Morgan fingerprint density at radius 3 is 2.48 bits per heavy atom. The Morgan fingerprint density at radius 1 is 1.11 bits per heavy atom.